The molecular weight excluding hydrogens is 204 g/mol. The zero-order valence-corrected chi connectivity index (χ0v) is 8.55. The highest BCUT2D eigenvalue weighted by Gasteiger charge is 2.24. The summed E-state index contributed by atoms with van der Waals surface area (Å²) in [5, 5.41) is 2.85. The molecule has 16 heavy (non-hydrogen) atoms. The second kappa shape index (κ2) is 3.52. The monoisotopic (exact) mass is 214 g/mol. The summed E-state index contributed by atoms with van der Waals surface area (Å²) in [6, 6.07) is 3.93. The summed E-state index contributed by atoms with van der Waals surface area (Å²) in [4.78, 5) is 24.0. The Morgan fingerprint density at radius 1 is 1.31 bits per heavy atom. The van der Waals surface area contributed by atoms with Gasteiger partial charge in [0, 0.05) is 12.2 Å². The second-order valence-electron chi connectivity index (χ2n) is 3.85. The number of pyridine rings is 1. The predicted molar refractivity (Wildman–Crippen MR) is 57.8 cm³/mol. The van der Waals surface area contributed by atoms with Gasteiger partial charge in [-0.25, -0.2) is 9.97 Å². The average Bonchev–Trinajstić information content (AvgIpc) is 3.12. The Kier molecular flexibility index (Phi) is 2.02. The van der Waals surface area contributed by atoms with Crippen molar-refractivity contribution < 1.29 is 4.79 Å². The van der Waals surface area contributed by atoms with E-state index in [9.17, 15) is 4.79 Å². The van der Waals surface area contributed by atoms with Gasteiger partial charge in [0.15, 0.2) is 0 Å². The topological polar surface area (TPSA) is 67.8 Å². The van der Waals surface area contributed by atoms with E-state index in [1.807, 2.05) is 6.07 Å². The van der Waals surface area contributed by atoms with Gasteiger partial charge in [-0.15, -0.1) is 0 Å². The highest BCUT2D eigenvalue weighted by atomic mass is 16.2. The molecule has 0 aromatic carbocycles. The zero-order valence-electron chi connectivity index (χ0n) is 8.55. The van der Waals surface area contributed by atoms with E-state index in [0.717, 1.165) is 12.8 Å². The van der Waals surface area contributed by atoms with Crippen molar-refractivity contribution in [2.75, 3.05) is 0 Å². The quantitative estimate of drug-likeness (QED) is 0.807. The number of hydrogen-bond donors (Lipinski definition) is 1. The predicted octanol–water partition coefficient (Wildman–Crippen LogP) is 0.917. The lowest BCUT2D eigenvalue weighted by Gasteiger charge is -2.02. The fourth-order valence-electron chi connectivity index (χ4n) is 1.46. The highest BCUT2D eigenvalue weighted by Crippen LogP contribution is 2.19. The minimum atomic E-state index is -0.201. The van der Waals surface area contributed by atoms with Gasteiger partial charge >= 0.3 is 0 Å². The Morgan fingerprint density at radius 3 is 3.00 bits per heavy atom. The van der Waals surface area contributed by atoms with Crippen LogP contribution in [0, 0.1) is 0 Å². The molecule has 0 bridgehead atoms. The molecule has 0 saturated heterocycles. The van der Waals surface area contributed by atoms with Crippen molar-refractivity contribution in [3.05, 3.63) is 30.4 Å². The van der Waals surface area contributed by atoms with Gasteiger partial charge in [0.1, 0.15) is 5.52 Å². The van der Waals surface area contributed by atoms with Crippen LogP contribution >= 0.6 is 0 Å². The summed E-state index contributed by atoms with van der Waals surface area (Å²) < 4.78 is 0. The van der Waals surface area contributed by atoms with Gasteiger partial charge in [0.05, 0.1) is 11.7 Å². The molecule has 5 nitrogen and oxygen atoms in total. The largest absolute Gasteiger partial charge is 0.347 e. The van der Waals surface area contributed by atoms with Crippen molar-refractivity contribution in [2.45, 2.75) is 18.9 Å². The Morgan fingerprint density at radius 2 is 2.19 bits per heavy atom. The van der Waals surface area contributed by atoms with Crippen molar-refractivity contribution in [3.8, 4) is 0 Å². The van der Waals surface area contributed by atoms with Crippen LogP contribution in [-0.4, -0.2) is 26.9 Å². The van der Waals surface area contributed by atoms with E-state index in [4.69, 9.17) is 0 Å². The highest BCUT2D eigenvalue weighted by molar-refractivity contribution is 5.92. The van der Waals surface area contributed by atoms with Gasteiger partial charge in [-0.2, -0.15) is 0 Å². The van der Waals surface area contributed by atoms with Crippen LogP contribution in [0.5, 0.6) is 0 Å². The minimum Gasteiger partial charge on any atom is -0.347 e. The average molecular weight is 214 g/mol. The van der Waals surface area contributed by atoms with Crippen LogP contribution in [0.4, 0.5) is 0 Å². The number of nitrogens with zero attached hydrogens (tertiary/aromatic N) is 3. The molecule has 1 saturated carbocycles. The lowest BCUT2D eigenvalue weighted by Crippen LogP contribution is -2.27. The fourth-order valence-corrected chi connectivity index (χ4v) is 1.46. The normalized spacial score (nSPS) is 15.0. The summed E-state index contributed by atoms with van der Waals surface area (Å²) >= 11 is 0. The Labute approximate surface area is 91.9 Å². The van der Waals surface area contributed by atoms with Crippen LogP contribution in [0.1, 0.15) is 23.5 Å². The first-order valence-electron chi connectivity index (χ1n) is 5.21. The molecule has 1 aliphatic carbocycles. The molecule has 1 N–H and O–H groups in total. The van der Waals surface area contributed by atoms with E-state index < -0.39 is 0 Å². The Balaban J connectivity index is 1.94. The molecule has 1 amide bonds. The lowest BCUT2D eigenvalue weighted by molar-refractivity contribution is 0.0941. The summed E-state index contributed by atoms with van der Waals surface area (Å²) in [6.07, 6.45) is 5.36. The van der Waals surface area contributed by atoms with Gasteiger partial charge in [-0.3, -0.25) is 9.78 Å². The number of nitrogens with one attached hydrogen (secondary N) is 1. The fraction of sp³-hybridized carbons (Fsp3) is 0.273. The number of rotatable bonds is 2. The van der Waals surface area contributed by atoms with Gasteiger partial charge < -0.3 is 5.32 Å². The molecule has 2 heterocycles. The molecule has 0 unspecified atom stereocenters. The number of fused-ring (bicyclic) bond motifs is 1. The van der Waals surface area contributed by atoms with Gasteiger partial charge in [0.2, 0.25) is 5.82 Å². The van der Waals surface area contributed by atoms with E-state index in [1.54, 1.807) is 18.5 Å². The van der Waals surface area contributed by atoms with Crippen LogP contribution in [0.25, 0.3) is 11.0 Å². The number of aromatic nitrogens is 3. The van der Waals surface area contributed by atoms with Crippen molar-refractivity contribution >= 4 is 16.9 Å². The Hall–Kier alpha value is -2.04. The van der Waals surface area contributed by atoms with Gasteiger partial charge in [-0.1, -0.05) is 0 Å². The van der Waals surface area contributed by atoms with Gasteiger partial charge in [-0.05, 0) is 25.0 Å². The van der Waals surface area contributed by atoms with Crippen molar-refractivity contribution in [2.24, 2.45) is 0 Å². The van der Waals surface area contributed by atoms with Crippen LogP contribution in [0.2, 0.25) is 0 Å². The van der Waals surface area contributed by atoms with E-state index in [1.165, 1.54) is 0 Å². The first kappa shape index (κ1) is 9.21. The molecule has 3 rings (SSSR count). The van der Waals surface area contributed by atoms with E-state index in [0.29, 0.717) is 17.1 Å². The third kappa shape index (κ3) is 1.71. The summed E-state index contributed by atoms with van der Waals surface area (Å²) in [5.74, 6) is 0.0145. The number of amides is 1. The van der Waals surface area contributed by atoms with E-state index in [-0.39, 0.29) is 11.7 Å². The van der Waals surface area contributed by atoms with Crippen LogP contribution < -0.4 is 5.32 Å². The third-order valence-corrected chi connectivity index (χ3v) is 2.47. The molecule has 0 spiro atoms. The number of carbonyl (C=O) groups is 1. The third-order valence-electron chi connectivity index (χ3n) is 2.47. The molecule has 0 aliphatic heterocycles. The Bertz CT molecular complexity index is 550. The maximum absolute atomic E-state index is 11.7. The molecule has 5 heteroatoms. The molecule has 2 aromatic rings. The molecule has 2 aromatic heterocycles. The second-order valence-corrected chi connectivity index (χ2v) is 3.85. The first-order valence-corrected chi connectivity index (χ1v) is 5.21. The number of hydrogen-bond acceptors (Lipinski definition) is 4. The summed E-state index contributed by atoms with van der Waals surface area (Å²) in [5.41, 5.74) is 1.39. The molecule has 0 atom stereocenters. The molecule has 0 radical (unpaired) electrons. The van der Waals surface area contributed by atoms with Crippen molar-refractivity contribution in [1.82, 2.24) is 20.3 Å². The summed E-state index contributed by atoms with van der Waals surface area (Å²) in [6.45, 7) is 0. The molecule has 80 valence electrons. The maximum Gasteiger partial charge on any atom is 0.289 e. The van der Waals surface area contributed by atoms with Crippen molar-refractivity contribution in [3.63, 3.8) is 0 Å². The maximum atomic E-state index is 11.7. The number of carbonyl (C=O) groups excluding carboxylic acids is 1. The van der Waals surface area contributed by atoms with Crippen LogP contribution in [0.3, 0.4) is 0 Å². The standard InChI is InChI=1S/C11H10N4O/c16-11(14-7-3-4-7)10-13-6-9-8(15-10)2-1-5-12-9/h1-2,5-7H,3-4H2,(H,14,16). The smallest absolute Gasteiger partial charge is 0.289 e. The van der Waals surface area contributed by atoms with E-state index in [2.05, 4.69) is 20.3 Å². The molecular formula is C11H10N4O. The molecule has 1 fully saturated rings. The minimum absolute atomic E-state index is 0.201. The SMILES string of the molecule is O=C(NC1CC1)c1ncc2ncccc2n1. The zero-order chi connectivity index (χ0) is 11.0. The first-order chi connectivity index (χ1) is 7.83. The van der Waals surface area contributed by atoms with Gasteiger partial charge in [0.25, 0.3) is 5.91 Å². The van der Waals surface area contributed by atoms with E-state index >= 15 is 0 Å². The molecule has 1 aliphatic rings. The van der Waals surface area contributed by atoms with Crippen molar-refractivity contribution in [1.29, 1.82) is 0 Å². The summed E-state index contributed by atoms with van der Waals surface area (Å²) in [7, 11) is 0. The van der Waals surface area contributed by atoms with Crippen LogP contribution in [-0.2, 0) is 0 Å². The van der Waals surface area contributed by atoms with Crippen LogP contribution in [0.15, 0.2) is 24.5 Å². The lowest BCUT2D eigenvalue weighted by atomic mass is 10.3.